The van der Waals surface area contributed by atoms with E-state index >= 15 is 0 Å². The Kier molecular flexibility index (Phi) is 4.71. The molecular weight excluding hydrogens is 270 g/mol. The molecule has 1 aromatic rings. The first-order valence-electron chi connectivity index (χ1n) is 6.63. The second kappa shape index (κ2) is 6.69. The summed E-state index contributed by atoms with van der Waals surface area (Å²) < 4.78 is 5.04. The highest BCUT2D eigenvalue weighted by molar-refractivity contribution is 6.38. The Morgan fingerprint density at radius 2 is 2.14 bits per heavy atom. The minimum atomic E-state index is -0.670. The van der Waals surface area contributed by atoms with Crippen LogP contribution in [-0.4, -0.2) is 30.2 Å². The Morgan fingerprint density at radius 1 is 1.43 bits per heavy atom. The molecule has 0 fully saturated rings. The van der Waals surface area contributed by atoms with E-state index in [0.717, 1.165) is 0 Å². The first kappa shape index (κ1) is 14.8. The van der Waals surface area contributed by atoms with Gasteiger partial charge >= 0.3 is 5.97 Å². The summed E-state index contributed by atoms with van der Waals surface area (Å²) in [7, 11) is 0. The highest BCUT2D eigenvalue weighted by Gasteiger charge is 2.35. The van der Waals surface area contributed by atoms with Gasteiger partial charge in [-0.3, -0.25) is 9.80 Å². The number of amides is 1. The van der Waals surface area contributed by atoms with Crippen molar-refractivity contribution in [1.29, 1.82) is 0 Å². The normalized spacial score (nSPS) is 17.9. The Morgan fingerprint density at radius 3 is 2.76 bits per heavy atom. The first-order chi connectivity index (χ1) is 10.1. The molecule has 110 valence electrons. The SMILES string of the molecule is C/C=C/COC(=O)C1=NN(c2ccccc2)C(C(N)=O)C1. The maximum atomic E-state index is 11.9. The smallest absolute Gasteiger partial charge is 0.354 e. The van der Waals surface area contributed by atoms with Crippen LogP contribution in [0.15, 0.2) is 47.6 Å². The molecule has 0 spiro atoms. The van der Waals surface area contributed by atoms with Gasteiger partial charge in [0.15, 0.2) is 0 Å². The molecule has 1 aromatic carbocycles. The number of hydrogen-bond donors (Lipinski definition) is 1. The molecule has 0 aromatic heterocycles. The minimum absolute atomic E-state index is 0.152. The van der Waals surface area contributed by atoms with Gasteiger partial charge in [-0.2, -0.15) is 5.10 Å². The second-order valence-electron chi connectivity index (χ2n) is 4.52. The molecular formula is C15H17N3O3. The molecule has 0 aliphatic carbocycles. The first-order valence-corrected chi connectivity index (χ1v) is 6.63. The molecule has 1 unspecified atom stereocenters. The molecule has 0 saturated carbocycles. The van der Waals surface area contributed by atoms with Gasteiger partial charge in [0.05, 0.1) is 5.69 Å². The molecule has 6 heteroatoms. The Balaban J connectivity index is 2.17. The maximum Gasteiger partial charge on any atom is 0.354 e. The summed E-state index contributed by atoms with van der Waals surface area (Å²) in [6.45, 7) is 2.02. The van der Waals surface area contributed by atoms with E-state index in [0.29, 0.717) is 5.69 Å². The van der Waals surface area contributed by atoms with Gasteiger partial charge in [0, 0.05) is 6.42 Å². The molecule has 1 aliphatic rings. The van der Waals surface area contributed by atoms with Crippen LogP contribution < -0.4 is 10.7 Å². The van der Waals surface area contributed by atoms with Crippen molar-refractivity contribution in [3.63, 3.8) is 0 Å². The van der Waals surface area contributed by atoms with Gasteiger partial charge < -0.3 is 10.5 Å². The van der Waals surface area contributed by atoms with Crippen molar-refractivity contribution in [2.45, 2.75) is 19.4 Å². The summed E-state index contributed by atoms with van der Waals surface area (Å²) in [6, 6.07) is 8.43. The number of nitrogens with zero attached hydrogens (tertiary/aromatic N) is 2. The molecule has 0 saturated heterocycles. The predicted octanol–water partition coefficient (Wildman–Crippen LogP) is 1.23. The average molecular weight is 287 g/mol. The number of para-hydroxylation sites is 1. The summed E-state index contributed by atoms with van der Waals surface area (Å²) >= 11 is 0. The Bertz CT molecular complexity index is 581. The number of esters is 1. The lowest BCUT2D eigenvalue weighted by Crippen LogP contribution is -2.39. The lowest BCUT2D eigenvalue weighted by atomic mass is 10.1. The second-order valence-corrected chi connectivity index (χ2v) is 4.52. The van der Waals surface area contributed by atoms with E-state index in [2.05, 4.69) is 5.10 Å². The number of allylic oxidation sites excluding steroid dienone is 1. The fourth-order valence-corrected chi connectivity index (χ4v) is 1.98. The van der Waals surface area contributed by atoms with Crippen LogP contribution in [0.2, 0.25) is 0 Å². The van der Waals surface area contributed by atoms with E-state index in [1.807, 2.05) is 25.1 Å². The Labute approximate surface area is 122 Å². The van der Waals surface area contributed by atoms with Gasteiger partial charge in [-0.15, -0.1) is 0 Å². The molecule has 6 nitrogen and oxygen atoms in total. The van der Waals surface area contributed by atoms with Gasteiger partial charge in [-0.25, -0.2) is 4.79 Å². The predicted molar refractivity (Wildman–Crippen MR) is 79.7 cm³/mol. The van der Waals surface area contributed by atoms with Crippen molar-refractivity contribution < 1.29 is 14.3 Å². The molecule has 1 heterocycles. The van der Waals surface area contributed by atoms with Crippen LogP contribution in [0.4, 0.5) is 5.69 Å². The van der Waals surface area contributed by atoms with Crippen molar-refractivity contribution in [1.82, 2.24) is 0 Å². The van der Waals surface area contributed by atoms with Crippen LogP contribution in [0.25, 0.3) is 0 Å². The fraction of sp³-hybridized carbons (Fsp3) is 0.267. The topological polar surface area (TPSA) is 85.0 Å². The van der Waals surface area contributed by atoms with Crippen LogP contribution in [-0.2, 0) is 14.3 Å². The number of hydrazone groups is 1. The largest absolute Gasteiger partial charge is 0.457 e. The summed E-state index contributed by atoms with van der Waals surface area (Å²) in [5.41, 5.74) is 6.30. The standard InChI is InChI=1S/C15H17N3O3/c1-2-3-9-21-15(20)12-10-13(14(16)19)18(17-12)11-7-5-4-6-8-11/h2-8,13H,9-10H2,1H3,(H2,16,19)/b3-2+. The van der Waals surface area contributed by atoms with Crippen LogP contribution in [0.3, 0.4) is 0 Å². The van der Waals surface area contributed by atoms with Crippen LogP contribution in [0, 0.1) is 0 Å². The average Bonchev–Trinajstić information content (AvgIpc) is 2.94. The van der Waals surface area contributed by atoms with Crippen molar-refractivity contribution in [2.75, 3.05) is 11.6 Å². The third kappa shape index (κ3) is 3.47. The number of carbonyl (C=O) groups is 2. The number of ether oxygens (including phenoxy) is 1. The van der Waals surface area contributed by atoms with E-state index in [1.54, 1.807) is 24.3 Å². The summed E-state index contributed by atoms with van der Waals surface area (Å²) in [5.74, 6) is -1.06. The number of benzene rings is 1. The van der Waals surface area contributed by atoms with Crippen molar-refractivity contribution in [3.8, 4) is 0 Å². The number of primary amides is 1. The van der Waals surface area contributed by atoms with E-state index in [9.17, 15) is 9.59 Å². The van der Waals surface area contributed by atoms with E-state index in [4.69, 9.17) is 10.5 Å². The number of carbonyl (C=O) groups excluding carboxylic acids is 2. The highest BCUT2D eigenvalue weighted by Crippen LogP contribution is 2.24. The lowest BCUT2D eigenvalue weighted by molar-refractivity contribution is -0.134. The maximum absolute atomic E-state index is 11.9. The quantitative estimate of drug-likeness (QED) is 0.652. The molecule has 1 atom stereocenters. The molecule has 21 heavy (non-hydrogen) atoms. The number of anilines is 1. The monoisotopic (exact) mass is 287 g/mol. The zero-order chi connectivity index (χ0) is 15.2. The Hall–Kier alpha value is -2.63. The van der Waals surface area contributed by atoms with Gasteiger partial charge in [0.1, 0.15) is 18.4 Å². The fourth-order valence-electron chi connectivity index (χ4n) is 1.98. The summed E-state index contributed by atoms with van der Waals surface area (Å²) in [6.07, 6.45) is 3.65. The molecule has 1 aliphatic heterocycles. The number of rotatable bonds is 5. The van der Waals surface area contributed by atoms with Gasteiger partial charge in [-0.1, -0.05) is 30.4 Å². The van der Waals surface area contributed by atoms with E-state index in [1.165, 1.54) is 5.01 Å². The van der Waals surface area contributed by atoms with E-state index < -0.39 is 17.9 Å². The number of nitrogens with two attached hydrogens (primary N) is 1. The zero-order valence-corrected chi connectivity index (χ0v) is 11.7. The third-order valence-corrected chi connectivity index (χ3v) is 3.04. The van der Waals surface area contributed by atoms with Gasteiger partial charge in [0.2, 0.25) is 5.91 Å². The molecule has 0 radical (unpaired) electrons. The molecule has 2 N–H and O–H groups in total. The summed E-state index contributed by atoms with van der Waals surface area (Å²) in [4.78, 5) is 23.5. The van der Waals surface area contributed by atoms with Crippen LogP contribution in [0.5, 0.6) is 0 Å². The van der Waals surface area contributed by atoms with Gasteiger partial charge in [-0.05, 0) is 19.1 Å². The van der Waals surface area contributed by atoms with Gasteiger partial charge in [0.25, 0.3) is 0 Å². The molecule has 2 rings (SSSR count). The van der Waals surface area contributed by atoms with E-state index in [-0.39, 0.29) is 18.7 Å². The lowest BCUT2D eigenvalue weighted by Gasteiger charge is -2.20. The highest BCUT2D eigenvalue weighted by atomic mass is 16.5. The zero-order valence-electron chi connectivity index (χ0n) is 11.7. The number of hydrogen-bond acceptors (Lipinski definition) is 5. The van der Waals surface area contributed by atoms with Crippen molar-refractivity contribution >= 4 is 23.3 Å². The minimum Gasteiger partial charge on any atom is -0.457 e. The summed E-state index contributed by atoms with van der Waals surface area (Å²) in [5, 5.41) is 5.66. The van der Waals surface area contributed by atoms with Crippen LogP contribution in [0.1, 0.15) is 13.3 Å². The third-order valence-electron chi connectivity index (χ3n) is 3.04. The molecule has 0 bridgehead atoms. The van der Waals surface area contributed by atoms with Crippen LogP contribution >= 0.6 is 0 Å². The van der Waals surface area contributed by atoms with Crippen molar-refractivity contribution in [3.05, 3.63) is 42.5 Å². The van der Waals surface area contributed by atoms with Crippen molar-refractivity contribution in [2.24, 2.45) is 10.8 Å². The molecule has 1 amide bonds.